The van der Waals surface area contributed by atoms with Gasteiger partial charge in [-0.2, -0.15) is 11.8 Å². The minimum atomic E-state index is -0.278. The number of aryl methyl sites for hydroxylation is 2. The smallest absolute Gasteiger partial charge is 0.177 e. The molecule has 1 aromatic heterocycles. The summed E-state index contributed by atoms with van der Waals surface area (Å²) in [5, 5.41) is 0. The molecule has 0 unspecified atom stereocenters. The van der Waals surface area contributed by atoms with Crippen LogP contribution in [0, 0.1) is 12.7 Å². The summed E-state index contributed by atoms with van der Waals surface area (Å²) in [5.41, 5.74) is 3.07. The van der Waals surface area contributed by atoms with Crippen molar-refractivity contribution in [2.45, 2.75) is 25.5 Å². The minimum absolute atomic E-state index is 0.100. The third-order valence-corrected chi connectivity index (χ3v) is 5.85. The third-order valence-electron chi connectivity index (χ3n) is 3.56. The van der Waals surface area contributed by atoms with Gasteiger partial charge in [-0.1, -0.05) is 6.07 Å². The Morgan fingerprint density at radius 3 is 3.00 bits per heavy atom. The van der Waals surface area contributed by atoms with Gasteiger partial charge in [0.05, 0.1) is 4.88 Å². The number of benzene rings is 1. The molecule has 2 aromatic rings. The molecular formula is C16H15FOS2. The molecule has 1 aliphatic heterocycles. The highest BCUT2D eigenvalue weighted by atomic mass is 32.2. The van der Waals surface area contributed by atoms with Crippen LogP contribution >= 0.6 is 23.1 Å². The van der Waals surface area contributed by atoms with Gasteiger partial charge in [0.1, 0.15) is 5.82 Å². The first-order chi connectivity index (χ1) is 9.63. The topological polar surface area (TPSA) is 17.1 Å². The number of fused-ring (bicyclic) bond motifs is 1. The molecule has 1 aliphatic rings. The van der Waals surface area contributed by atoms with Gasteiger partial charge in [-0.15, -0.1) is 11.3 Å². The number of rotatable bonds is 3. The zero-order chi connectivity index (χ0) is 14.1. The Labute approximate surface area is 126 Å². The van der Waals surface area contributed by atoms with E-state index in [-0.39, 0.29) is 18.0 Å². The van der Waals surface area contributed by atoms with Crippen molar-refractivity contribution in [1.82, 2.24) is 0 Å². The van der Waals surface area contributed by atoms with Gasteiger partial charge in [0.25, 0.3) is 0 Å². The molecule has 0 aliphatic carbocycles. The summed E-state index contributed by atoms with van der Waals surface area (Å²) in [6.07, 6.45) is 1.35. The largest absolute Gasteiger partial charge is 0.293 e. The first kappa shape index (κ1) is 13.8. The van der Waals surface area contributed by atoms with Crippen LogP contribution in [0.4, 0.5) is 4.39 Å². The van der Waals surface area contributed by atoms with Crippen LogP contribution in [0.5, 0.6) is 0 Å². The summed E-state index contributed by atoms with van der Waals surface area (Å²) in [5.74, 6) is 1.98. The highest BCUT2D eigenvalue weighted by Gasteiger charge is 2.18. The molecule has 0 bridgehead atoms. The van der Waals surface area contributed by atoms with Crippen LogP contribution in [0.15, 0.2) is 24.3 Å². The SMILES string of the molecule is Cc1ccc(F)cc1CC(=O)c1cc2c(s1)CCSC2. The Bertz CT molecular complexity index is 637. The zero-order valence-corrected chi connectivity index (χ0v) is 12.9. The van der Waals surface area contributed by atoms with Gasteiger partial charge < -0.3 is 0 Å². The van der Waals surface area contributed by atoms with E-state index in [4.69, 9.17) is 0 Å². The number of carbonyl (C=O) groups excluding carboxylic acids is 1. The molecule has 0 radical (unpaired) electrons. The number of hydrogen-bond acceptors (Lipinski definition) is 3. The van der Waals surface area contributed by atoms with Crippen molar-refractivity contribution in [3.63, 3.8) is 0 Å². The Kier molecular flexibility index (Phi) is 3.94. The number of thioether (sulfide) groups is 1. The normalized spacial score (nSPS) is 14.1. The van der Waals surface area contributed by atoms with Crippen molar-refractivity contribution in [1.29, 1.82) is 0 Å². The molecule has 0 saturated carbocycles. The van der Waals surface area contributed by atoms with Crippen LogP contribution in [0.2, 0.25) is 0 Å². The van der Waals surface area contributed by atoms with E-state index in [1.807, 2.05) is 24.8 Å². The Hall–Kier alpha value is -1.13. The Morgan fingerprint density at radius 2 is 2.20 bits per heavy atom. The fraction of sp³-hybridized carbons (Fsp3) is 0.312. The molecule has 0 atom stereocenters. The molecule has 4 heteroatoms. The second-order valence-electron chi connectivity index (χ2n) is 5.03. The van der Waals surface area contributed by atoms with E-state index in [1.54, 1.807) is 17.4 Å². The molecule has 2 heterocycles. The predicted octanol–water partition coefficient (Wildman–Crippen LogP) is 4.41. The molecule has 0 spiro atoms. The maximum atomic E-state index is 13.3. The average molecular weight is 306 g/mol. The lowest BCUT2D eigenvalue weighted by molar-refractivity contribution is 0.0996. The van der Waals surface area contributed by atoms with E-state index >= 15 is 0 Å². The van der Waals surface area contributed by atoms with Gasteiger partial charge in [0.15, 0.2) is 5.78 Å². The van der Waals surface area contributed by atoms with Crippen molar-refractivity contribution in [2.24, 2.45) is 0 Å². The van der Waals surface area contributed by atoms with E-state index in [0.29, 0.717) is 0 Å². The number of carbonyl (C=O) groups is 1. The molecule has 20 heavy (non-hydrogen) atoms. The molecule has 0 fully saturated rings. The van der Waals surface area contributed by atoms with Crippen molar-refractivity contribution >= 4 is 28.9 Å². The summed E-state index contributed by atoms with van der Waals surface area (Å²) >= 11 is 3.53. The lowest BCUT2D eigenvalue weighted by Gasteiger charge is -2.08. The fourth-order valence-electron chi connectivity index (χ4n) is 2.38. The fourth-order valence-corrected chi connectivity index (χ4v) is 4.69. The first-order valence-electron chi connectivity index (χ1n) is 6.61. The lowest BCUT2D eigenvalue weighted by atomic mass is 10.0. The second-order valence-corrected chi connectivity index (χ2v) is 7.27. The lowest BCUT2D eigenvalue weighted by Crippen LogP contribution is -2.03. The monoisotopic (exact) mass is 306 g/mol. The van der Waals surface area contributed by atoms with Crippen LogP contribution < -0.4 is 0 Å². The summed E-state index contributed by atoms with van der Waals surface area (Å²) in [6.45, 7) is 1.91. The second kappa shape index (κ2) is 5.70. The molecule has 1 nitrogen and oxygen atoms in total. The molecular weight excluding hydrogens is 291 g/mol. The van der Waals surface area contributed by atoms with E-state index < -0.39 is 0 Å². The van der Waals surface area contributed by atoms with Crippen molar-refractivity contribution in [3.05, 3.63) is 56.5 Å². The van der Waals surface area contributed by atoms with Crippen LogP contribution in [0.1, 0.15) is 31.2 Å². The van der Waals surface area contributed by atoms with Crippen LogP contribution in [-0.2, 0) is 18.6 Å². The first-order valence-corrected chi connectivity index (χ1v) is 8.58. The average Bonchev–Trinajstić information content (AvgIpc) is 2.87. The van der Waals surface area contributed by atoms with Crippen molar-refractivity contribution in [3.8, 4) is 0 Å². The van der Waals surface area contributed by atoms with Crippen molar-refractivity contribution in [2.75, 3.05) is 5.75 Å². The molecule has 0 N–H and O–H groups in total. The molecule has 1 aromatic carbocycles. The molecule has 0 saturated heterocycles. The highest BCUT2D eigenvalue weighted by molar-refractivity contribution is 7.98. The van der Waals surface area contributed by atoms with Gasteiger partial charge in [-0.05, 0) is 54.0 Å². The van der Waals surface area contributed by atoms with E-state index in [9.17, 15) is 9.18 Å². The maximum absolute atomic E-state index is 13.3. The Morgan fingerprint density at radius 1 is 1.35 bits per heavy atom. The summed E-state index contributed by atoms with van der Waals surface area (Å²) < 4.78 is 13.3. The number of halogens is 1. The highest BCUT2D eigenvalue weighted by Crippen LogP contribution is 2.32. The van der Waals surface area contributed by atoms with Crippen molar-refractivity contribution < 1.29 is 9.18 Å². The van der Waals surface area contributed by atoms with Gasteiger partial charge in [0, 0.05) is 17.1 Å². The number of ketones is 1. The Balaban J connectivity index is 1.82. The number of Topliss-reactive ketones (excluding diaryl/α,β-unsaturated/α-hetero) is 1. The summed E-state index contributed by atoms with van der Waals surface area (Å²) in [6, 6.07) is 6.66. The van der Waals surface area contributed by atoms with Gasteiger partial charge in [0.2, 0.25) is 0 Å². The maximum Gasteiger partial charge on any atom is 0.177 e. The molecule has 3 rings (SSSR count). The molecule has 0 amide bonds. The number of hydrogen-bond donors (Lipinski definition) is 0. The quantitative estimate of drug-likeness (QED) is 0.781. The minimum Gasteiger partial charge on any atom is -0.293 e. The van der Waals surface area contributed by atoms with Gasteiger partial charge >= 0.3 is 0 Å². The van der Waals surface area contributed by atoms with E-state index in [1.165, 1.54) is 22.6 Å². The standard InChI is InChI=1S/C16H15FOS2/c1-10-2-3-13(17)6-11(10)7-14(18)16-8-12-9-19-5-4-15(12)20-16/h2-3,6,8H,4-5,7,9H2,1H3. The van der Waals surface area contributed by atoms with E-state index in [0.717, 1.165) is 33.9 Å². The van der Waals surface area contributed by atoms with E-state index in [2.05, 4.69) is 0 Å². The van der Waals surface area contributed by atoms with Gasteiger partial charge in [-0.25, -0.2) is 4.39 Å². The van der Waals surface area contributed by atoms with Crippen LogP contribution in [-0.4, -0.2) is 11.5 Å². The van der Waals surface area contributed by atoms with Crippen LogP contribution in [0.25, 0.3) is 0 Å². The summed E-state index contributed by atoms with van der Waals surface area (Å²) in [7, 11) is 0. The van der Waals surface area contributed by atoms with Crippen LogP contribution in [0.3, 0.4) is 0 Å². The summed E-state index contributed by atoms with van der Waals surface area (Å²) in [4.78, 5) is 14.5. The third kappa shape index (κ3) is 2.81. The zero-order valence-electron chi connectivity index (χ0n) is 11.2. The number of thiophene rings is 1. The van der Waals surface area contributed by atoms with Gasteiger partial charge in [-0.3, -0.25) is 4.79 Å². The predicted molar refractivity (Wildman–Crippen MR) is 83.4 cm³/mol. The molecule has 104 valence electrons.